The van der Waals surface area contributed by atoms with Crippen LogP contribution in [-0.4, -0.2) is 33.0 Å². The number of hydrogen-bond donors (Lipinski definition) is 1. The van der Waals surface area contributed by atoms with Gasteiger partial charge in [0, 0.05) is 12.5 Å². The Hall–Kier alpha value is -2.67. The third kappa shape index (κ3) is 5.69. The van der Waals surface area contributed by atoms with Crippen LogP contribution in [0.4, 0.5) is 0 Å². The predicted molar refractivity (Wildman–Crippen MR) is 138 cm³/mol. The molecule has 0 saturated carbocycles. The lowest BCUT2D eigenvalue weighted by Crippen LogP contribution is -2.26. The van der Waals surface area contributed by atoms with Gasteiger partial charge in [-0.2, -0.15) is 0 Å². The molecule has 0 saturated heterocycles. The first-order chi connectivity index (χ1) is 16.4. The number of rotatable bonds is 10. The molecule has 1 aliphatic carbocycles. The van der Waals surface area contributed by atoms with Crippen molar-refractivity contribution >= 4 is 17.7 Å². The number of fused-ring (bicyclic) bond motifs is 3. The SMILES string of the molecule is CCCCCCSc1ccc2c(cc1=O)C(NC(C)=O)CCc1cc(OC)c(OC)c(OC)c1-2. The standard InChI is InChI=1S/C27H35NO5S/c1-6-7-8-9-14-34-24-13-11-19-20(16-22(24)30)21(28-17(2)29)12-10-18-15-23(31-3)26(32-4)27(33-5)25(18)19/h11,13,15-16,21H,6-10,12,14H2,1-5H3,(H,28,29). The van der Waals surface area contributed by atoms with E-state index in [0.29, 0.717) is 35.0 Å². The quantitative estimate of drug-likeness (QED) is 0.352. The number of aryl methyl sites for hydroxylation is 1. The molecule has 0 bridgehead atoms. The molecule has 184 valence electrons. The summed E-state index contributed by atoms with van der Waals surface area (Å²) in [5.41, 5.74) is 3.52. The summed E-state index contributed by atoms with van der Waals surface area (Å²) in [6.45, 7) is 3.69. The Kier molecular flexibility index (Phi) is 9.28. The maximum absolute atomic E-state index is 13.2. The second-order valence-corrected chi connectivity index (χ2v) is 9.59. The molecule has 1 N–H and O–H groups in total. The third-order valence-corrected chi connectivity index (χ3v) is 7.27. The van der Waals surface area contributed by atoms with E-state index in [9.17, 15) is 9.59 Å². The van der Waals surface area contributed by atoms with Crippen molar-refractivity contribution < 1.29 is 19.0 Å². The average Bonchev–Trinajstić information content (AvgIpc) is 3.06. The molecule has 2 aromatic carbocycles. The number of nitrogens with one attached hydrogen (secondary N) is 1. The highest BCUT2D eigenvalue weighted by Crippen LogP contribution is 2.50. The summed E-state index contributed by atoms with van der Waals surface area (Å²) in [6, 6.07) is 7.25. The van der Waals surface area contributed by atoms with Gasteiger partial charge in [0.25, 0.3) is 0 Å². The molecule has 0 aromatic heterocycles. The van der Waals surface area contributed by atoms with Gasteiger partial charge in [-0.1, -0.05) is 32.3 Å². The van der Waals surface area contributed by atoms with Crippen LogP contribution in [0.1, 0.15) is 63.1 Å². The number of amides is 1. The summed E-state index contributed by atoms with van der Waals surface area (Å²) in [4.78, 5) is 26.0. The van der Waals surface area contributed by atoms with Crippen LogP contribution in [0.3, 0.4) is 0 Å². The van der Waals surface area contributed by atoms with E-state index in [2.05, 4.69) is 12.2 Å². The van der Waals surface area contributed by atoms with Gasteiger partial charge in [0.1, 0.15) is 0 Å². The molecule has 0 heterocycles. The number of ether oxygens (including phenoxy) is 3. The highest BCUT2D eigenvalue weighted by molar-refractivity contribution is 7.99. The summed E-state index contributed by atoms with van der Waals surface area (Å²) in [6.07, 6.45) is 5.98. The van der Waals surface area contributed by atoms with Gasteiger partial charge in [0.2, 0.25) is 11.7 Å². The average molecular weight is 486 g/mol. The molecule has 1 aliphatic rings. The summed E-state index contributed by atoms with van der Waals surface area (Å²) >= 11 is 1.60. The second-order valence-electron chi connectivity index (χ2n) is 8.46. The number of unbranched alkanes of at least 4 members (excludes halogenated alkanes) is 3. The van der Waals surface area contributed by atoms with E-state index in [4.69, 9.17) is 14.2 Å². The minimum Gasteiger partial charge on any atom is -0.493 e. The van der Waals surface area contributed by atoms with Crippen LogP contribution in [0, 0.1) is 0 Å². The number of benzene rings is 1. The summed E-state index contributed by atoms with van der Waals surface area (Å²) in [5.74, 6) is 2.43. The lowest BCUT2D eigenvalue weighted by Gasteiger charge is -2.19. The lowest BCUT2D eigenvalue weighted by atomic mass is 9.95. The maximum atomic E-state index is 13.2. The third-order valence-electron chi connectivity index (χ3n) is 6.13. The fourth-order valence-corrected chi connectivity index (χ4v) is 5.46. The van der Waals surface area contributed by atoms with Gasteiger partial charge >= 0.3 is 0 Å². The maximum Gasteiger partial charge on any atom is 0.217 e. The summed E-state index contributed by atoms with van der Waals surface area (Å²) in [5, 5.41) is 3.05. The normalized spacial score (nSPS) is 14.4. The fraction of sp³-hybridized carbons (Fsp3) is 0.481. The number of hydrogen-bond acceptors (Lipinski definition) is 6. The molecular formula is C27H35NO5S. The van der Waals surface area contributed by atoms with E-state index >= 15 is 0 Å². The van der Waals surface area contributed by atoms with E-state index in [1.165, 1.54) is 26.2 Å². The molecule has 6 nitrogen and oxygen atoms in total. The van der Waals surface area contributed by atoms with Gasteiger partial charge < -0.3 is 19.5 Å². The van der Waals surface area contributed by atoms with Gasteiger partial charge in [0.05, 0.1) is 32.3 Å². The summed E-state index contributed by atoms with van der Waals surface area (Å²) in [7, 11) is 4.79. The van der Waals surface area contributed by atoms with Crippen LogP contribution in [0.15, 0.2) is 34.0 Å². The topological polar surface area (TPSA) is 73.9 Å². The zero-order valence-electron chi connectivity index (χ0n) is 20.8. The number of thioether (sulfide) groups is 1. The van der Waals surface area contributed by atoms with E-state index in [1.54, 1.807) is 39.2 Å². The van der Waals surface area contributed by atoms with Crippen LogP contribution < -0.4 is 25.0 Å². The minimum atomic E-state index is -0.288. The van der Waals surface area contributed by atoms with E-state index < -0.39 is 0 Å². The highest BCUT2D eigenvalue weighted by Gasteiger charge is 2.29. The fourth-order valence-electron chi connectivity index (χ4n) is 4.52. The molecule has 7 heteroatoms. The van der Waals surface area contributed by atoms with Crippen molar-refractivity contribution in [2.75, 3.05) is 27.1 Å². The number of carbonyl (C=O) groups excluding carboxylic acids is 1. The smallest absolute Gasteiger partial charge is 0.217 e. The van der Waals surface area contributed by atoms with Gasteiger partial charge in [-0.25, -0.2) is 0 Å². The Balaban J connectivity index is 2.19. The minimum absolute atomic E-state index is 0.0278. The first kappa shape index (κ1) is 25.9. The molecule has 2 aromatic rings. The molecule has 3 rings (SSSR count). The van der Waals surface area contributed by atoms with Gasteiger partial charge in [-0.3, -0.25) is 9.59 Å². The Labute approximate surface area is 206 Å². The van der Waals surface area contributed by atoms with Crippen molar-refractivity contribution in [3.05, 3.63) is 45.6 Å². The van der Waals surface area contributed by atoms with E-state index in [-0.39, 0.29) is 17.4 Å². The van der Waals surface area contributed by atoms with Crippen LogP contribution in [0.5, 0.6) is 17.2 Å². The molecule has 1 amide bonds. The lowest BCUT2D eigenvalue weighted by molar-refractivity contribution is -0.119. The Bertz CT molecular complexity index is 1090. The zero-order valence-corrected chi connectivity index (χ0v) is 21.6. The van der Waals surface area contributed by atoms with Crippen LogP contribution >= 0.6 is 11.8 Å². The largest absolute Gasteiger partial charge is 0.493 e. The molecule has 34 heavy (non-hydrogen) atoms. The van der Waals surface area contributed by atoms with E-state index in [0.717, 1.165) is 34.4 Å². The van der Waals surface area contributed by atoms with Crippen LogP contribution in [0.2, 0.25) is 0 Å². The molecule has 1 unspecified atom stereocenters. The van der Waals surface area contributed by atoms with E-state index in [1.807, 2.05) is 18.2 Å². The number of carbonyl (C=O) groups is 1. The predicted octanol–water partition coefficient (Wildman–Crippen LogP) is 5.54. The zero-order chi connectivity index (χ0) is 24.7. The van der Waals surface area contributed by atoms with Crippen molar-refractivity contribution in [3.8, 4) is 28.4 Å². The molecule has 0 spiro atoms. The van der Waals surface area contributed by atoms with Crippen molar-refractivity contribution in [1.82, 2.24) is 5.32 Å². The first-order valence-electron chi connectivity index (χ1n) is 11.8. The van der Waals surface area contributed by atoms with Crippen molar-refractivity contribution in [1.29, 1.82) is 0 Å². The molecule has 0 radical (unpaired) electrons. The Morgan fingerprint density at radius 3 is 2.47 bits per heavy atom. The number of methoxy groups -OCH3 is 3. The molecular weight excluding hydrogens is 450 g/mol. The first-order valence-corrected chi connectivity index (χ1v) is 12.8. The Morgan fingerprint density at radius 2 is 1.82 bits per heavy atom. The molecule has 1 atom stereocenters. The van der Waals surface area contributed by atoms with Crippen molar-refractivity contribution in [3.63, 3.8) is 0 Å². The monoisotopic (exact) mass is 485 g/mol. The van der Waals surface area contributed by atoms with Gasteiger partial charge in [0.15, 0.2) is 16.9 Å². The van der Waals surface area contributed by atoms with Crippen molar-refractivity contribution in [2.45, 2.75) is 63.3 Å². The molecule has 0 fully saturated rings. The highest BCUT2D eigenvalue weighted by atomic mass is 32.2. The Morgan fingerprint density at radius 1 is 1.06 bits per heavy atom. The van der Waals surface area contributed by atoms with Gasteiger partial charge in [-0.15, -0.1) is 11.8 Å². The summed E-state index contributed by atoms with van der Waals surface area (Å²) < 4.78 is 17.0. The van der Waals surface area contributed by atoms with Crippen LogP contribution in [0.25, 0.3) is 11.1 Å². The van der Waals surface area contributed by atoms with Crippen LogP contribution in [-0.2, 0) is 11.2 Å². The second kappa shape index (κ2) is 12.2. The van der Waals surface area contributed by atoms with Gasteiger partial charge in [-0.05, 0) is 59.9 Å². The van der Waals surface area contributed by atoms with Crippen molar-refractivity contribution in [2.24, 2.45) is 0 Å². The molecule has 0 aliphatic heterocycles.